The molecule has 0 radical (unpaired) electrons. The Kier molecular flexibility index (Phi) is 3.76. The number of rotatable bonds is 4. The van der Waals surface area contributed by atoms with Crippen molar-refractivity contribution in [3.63, 3.8) is 0 Å². The van der Waals surface area contributed by atoms with Crippen molar-refractivity contribution in [2.45, 2.75) is 43.6 Å². The molecule has 0 unspecified atom stereocenters. The van der Waals surface area contributed by atoms with Crippen molar-refractivity contribution in [1.82, 2.24) is 0 Å². The number of ether oxygens (including phenoxy) is 2. The topological polar surface area (TPSA) is 44.5 Å². The lowest BCUT2D eigenvalue weighted by atomic mass is 9.64. The summed E-state index contributed by atoms with van der Waals surface area (Å²) in [5.74, 6) is 0.990. The standard InChI is InChI=1S/C16H23NO2/c17-12-16(7-2-8-16)13-3-1-4-15(11-13)19-14-5-9-18-10-6-14/h1,3-4,11,14H,2,5-10,12,17H2. The van der Waals surface area contributed by atoms with E-state index in [-0.39, 0.29) is 5.41 Å². The van der Waals surface area contributed by atoms with Gasteiger partial charge in [0.1, 0.15) is 11.9 Å². The van der Waals surface area contributed by atoms with Crippen LogP contribution in [0.4, 0.5) is 0 Å². The molecule has 0 amide bonds. The first-order valence-electron chi connectivity index (χ1n) is 7.37. The minimum Gasteiger partial charge on any atom is -0.490 e. The summed E-state index contributed by atoms with van der Waals surface area (Å²) in [6.07, 6.45) is 6.01. The van der Waals surface area contributed by atoms with Gasteiger partial charge in [-0.3, -0.25) is 0 Å². The zero-order valence-electron chi connectivity index (χ0n) is 11.4. The van der Waals surface area contributed by atoms with E-state index in [1.807, 2.05) is 0 Å². The molecule has 1 saturated carbocycles. The molecule has 3 nitrogen and oxygen atoms in total. The SMILES string of the molecule is NCC1(c2cccc(OC3CCOCC3)c2)CCC1. The minimum atomic E-state index is 0.217. The zero-order valence-corrected chi connectivity index (χ0v) is 11.4. The van der Waals surface area contributed by atoms with Crippen LogP contribution in [0.2, 0.25) is 0 Å². The molecule has 2 fully saturated rings. The Morgan fingerprint density at radius 2 is 2.05 bits per heavy atom. The highest BCUT2D eigenvalue weighted by molar-refractivity contribution is 5.36. The highest BCUT2D eigenvalue weighted by Gasteiger charge is 2.37. The molecule has 1 aliphatic heterocycles. The maximum atomic E-state index is 6.08. The van der Waals surface area contributed by atoms with Crippen molar-refractivity contribution in [2.75, 3.05) is 19.8 Å². The first-order valence-corrected chi connectivity index (χ1v) is 7.37. The molecule has 2 N–H and O–H groups in total. The van der Waals surface area contributed by atoms with E-state index in [1.54, 1.807) is 0 Å². The fourth-order valence-corrected chi connectivity index (χ4v) is 3.10. The van der Waals surface area contributed by atoms with Gasteiger partial charge < -0.3 is 15.2 Å². The van der Waals surface area contributed by atoms with Crippen LogP contribution in [0.15, 0.2) is 24.3 Å². The molecule has 19 heavy (non-hydrogen) atoms. The summed E-state index contributed by atoms with van der Waals surface area (Å²) in [5.41, 5.74) is 7.55. The Labute approximate surface area is 115 Å². The molecular formula is C16H23NO2. The van der Waals surface area contributed by atoms with Gasteiger partial charge in [0.05, 0.1) is 13.2 Å². The predicted molar refractivity (Wildman–Crippen MR) is 75.5 cm³/mol. The summed E-state index contributed by atoms with van der Waals surface area (Å²) in [4.78, 5) is 0. The maximum absolute atomic E-state index is 6.08. The number of hydrogen-bond donors (Lipinski definition) is 1. The van der Waals surface area contributed by atoms with Gasteiger partial charge in [-0.2, -0.15) is 0 Å². The van der Waals surface area contributed by atoms with E-state index in [2.05, 4.69) is 24.3 Å². The third kappa shape index (κ3) is 2.63. The molecule has 0 bridgehead atoms. The molecule has 0 aromatic heterocycles. The van der Waals surface area contributed by atoms with Crippen LogP contribution in [0.3, 0.4) is 0 Å². The molecule has 1 aliphatic carbocycles. The van der Waals surface area contributed by atoms with Crippen LogP contribution in [0.5, 0.6) is 5.75 Å². The molecule has 1 aromatic carbocycles. The Bertz CT molecular complexity index is 417. The van der Waals surface area contributed by atoms with Crippen LogP contribution in [-0.4, -0.2) is 25.9 Å². The normalized spacial score (nSPS) is 22.8. The van der Waals surface area contributed by atoms with Gasteiger partial charge in [-0.05, 0) is 30.5 Å². The van der Waals surface area contributed by atoms with Gasteiger partial charge >= 0.3 is 0 Å². The Morgan fingerprint density at radius 3 is 2.68 bits per heavy atom. The summed E-state index contributed by atoms with van der Waals surface area (Å²) in [6.45, 7) is 2.38. The van der Waals surface area contributed by atoms with Crippen LogP contribution in [-0.2, 0) is 10.2 Å². The monoisotopic (exact) mass is 261 g/mol. The minimum absolute atomic E-state index is 0.217. The Morgan fingerprint density at radius 1 is 1.26 bits per heavy atom. The van der Waals surface area contributed by atoms with Crippen LogP contribution >= 0.6 is 0 Å². The van der Waals surface area contributed by atoms with Crippen LogP contribution in [0.1, 0.15) is 37.7 Å². The molecule has 2 aliphatic rings. The van der Waals surface area contributed by atoms with Gasteiger partial charge in [0, 0.05) is 24.8 Å². The smallest absolute Gasteiger partial charge is 0.120 e. The average Bonchev–Trinajstić information content (AvgIpc) is 2.40. The fraction of sp³-hybridized carbons (Fsp3) is 0.625. The maximum Gasteiger partial charge on any atom is 0.120 e. The van der Waals surface area contributed by atoms with E-state index in [0.29, 0.717) is 6.10 Å². The molecule has 0 atom stereocenters. The average molecular weight is 261 g/mol. The molecular weight excluding hydrogens is 238 g/mol. The van der Waals surface area contributed by atoms with Gasteiger partial charge in [-0.1, -0.05) is 18.6 Å². The van der Waals surface area contributed by atoms with Crippen molar-refractivity contribution in [1.29, 1.82) is 0 Å². The molecule has 1 aromatic rings. The van der Waals surface area contributed by atoms with Gasteiger partial charge in [-0.15, -0.1) is 0 Å². The molecule has 0 spiro atoms. The molecule has 3 rings (SSSR count). The quantitative estimate of drug-likeness (QED) is 0.906. The lowest BCUT2D eigenvalue weighted by molar-refractivity contribution is 0.0255. The summed E-state index contributed by atoms with van der Waals surface area (Å²) in [7, 11) is 0. The van der Waals surface area contributed by atoms with Crippen LogP contribution < -0.4 is 10.5 Å². The lowest BCUT2D eigenvalue weighted by Crippen LogP contribution is -2.41. The van der Waals surface area contributed by atoms with Gasteiger partial charge in [0.2, 0.25) is 0 Å². The fourth-order valence-electron chi connectivity index (χ4n) is 3.10. The summed E-state index contributed by atoms with van der Waals surface area (Å²) < 4.78 is 11.4. The first-order chi connectivity index (χ1) is 9.32. The van der Waals surface area contributed by atoms with Crippen LogP contribution in [0, 0.1) is 0 Å². The molecule has 1 saturated heterocycles. The van der Waals surface area contributed by atoms with Crippen molar-refractivity contribution >= 4 is 0 Å². The van der Waals surface area contributed by atoms with E-state index in [0.717, 1.165) is 38.3 Å². The zero-order chi connectivity index (χ0) is 13.1. The van der Waals surface area contributed by atoms with Gasteiger partial charge in [0.15, 0.2) is 0 Å². The van der Waals surface area contributed by atoms with Gasteiger partial charge in [0.25, 0.3) is 0 Å². The summed E-state index contributed by atoms with van der Waals surface area (Å²) >= 11 is 0. The van der Waals surface area contributed by atoms with E-state index in [4.69, 9.17) is 15.2 Å². The summed E-state index contributed by atoms with van der Waals surface area (Å²) in [5, 5.41) is 0. The second kappa shape index (κ2) is 5.51. The second-order valence-corrected chi connectivity index (χ2v) is 5.80. The summed E-state index contributed by atoms with van der Waals surface area (Å²) in [6, 6.07) is 8.55. The van der Waals surface area contributed by atoms with E-state index < -0.39 is 0 Å². The Hall–Kier alpha value is -1.06. The van der Waals surface area contributed by atoms with Crippen molar-refractivity contribution in [3.8, 4) is 5.75 Å². The number of benzene rings is 1. The lowest BCUT2D eigenvalue weighted by Gasteiger charge is -2.41. The molecule has 3 heteroatoms. The van der Waals surface area contributed by atoms with Gasteiger partial charge in [-0.25, -0.2) is 0 Å². The predicted octanol–water partition coefficient (Wildman–Crippen LogP) is 2.62. The first kappa shape index (κ1) is 12.9. The third-order valence-corrected chi connectivity index (χ3v) is 4.62. The van der Waals surface area contributed by atoms with Crippen molar-refractivity contribution in [2.24, 2.45) is 5.73 Å². The largest absolute Gasteiger partial charge is 0.490 e. The number of hydrogen-bond acceptors (Lipinski definition) is 3. The van der Waals surface area contributed by atoms with E-state index >= 15 is 0 Å². The van der Waals surface area contributed by atoms with Crippen LogP contribution in [0.25, 0.3) is 0 Å². The van der Waals surface area contributed by atoms with Crippen molar-refractivity contribution < 1.29 is 9.47 Å². The molecule has 1 heterocycles. The Balaban J connectivity index is 1.72. The second-order valence-electron chi connectivity index (χ2n) is 5.80. The van der Waals surface area contributed by atoms with E-state index in [9.17, 15) is 0 Å². The third-order valence-electron chi connectivity index (χ3n) is 4.62. The highest BCUT2D eigenvalue weighted by atomic mass is 16.5. The molecule has 104 valence electrons. The highest BCUT2D eigenvalue weighted by Crippen LogP contribution is 2.43. The number of nitrogens with two attached hydrogens (primary N) is 1. The van der Waals surface area contributed by atoms with Crippen molar-refractivity contribution in [3.05, 3.63) is 29.8 Å². The van der Waals surface area contributed by atoms with E-state index in [1.165, 1.54) is 24.8 Å².